The molecule has 2 atom stereocenters. The Morgan fingerprint density at radius 3 is 2.48 bits per heavy atom. The lowest BCUT2D eigenvalue weighted by molar-refractivity contribution is -0.0420. The Morgan fingerprint density at radius 1 is 1.14 bits per heavy atom. The van der Waals surface area contributed by atoms with E-state index >= 15 is 0 Å². The predicted molar refractivity (Wildman–Crippen MR) is 88.4 cm³/mol. The van der Waals surface area contributed by atoms with Crippen molar-refractivity contribution in [2.45, 2.75) is 57.9 Å². The molecule has 2 rings (SSSR count). The van der Waals surface area contributed by atoms with Crippen LogP contribution in [0.2, 0.25) is 0 Å². The topological polar surface area (TPSA) is 24.5 Å². The standard InChI is InChI=1S/C18H30N2O/c1-15-12-18(13-16(2)21-15)19-10-7-11-20(3)14-17-8-5-4-6-9-17/h4-6,8-9,15-16,18-19H,7,10-14H2,1-3H3. The van der Waals surface area contributed by atoms with Crippen LogP contribution in [0.25, 0.3) is 0 Å². The Labute approximate surface area is 129 Å². The summed E-state index contributed by atoms with van der Waals surface area (Å²) in [5.41, 5.74) is 1.39. The van der Waals surface area contributed by atoms with Crippen LogP contribution in [-0.4, -0.2) is 43.3 Å². The van der Waals surface area contributed by atoms with Crippen molar-refractivity contribution in [1.82, 2.24) is 10.2 Å². The number of rotatable bonds is 7. The first-order chi connectivity index (χ1) is 10.1. The highest BCUT2D eigenvalue weighted by atomic mass is 16.5. The molecule has 2 unspecified atom stereocenters. The van der Waals surface area contributed by atoms with E-state index in [1.165, 1.54) is 12.0 Å². The average molecular weight is 290 g/mol. The highest BCUT2D eigenvalue weighted by Crippen LogP contribution is 2.18. The summed E-state index contributed by atoms with van der Waals surface area (Å²) < 4.78 is 5.78. The zero-order valence-corrected chi connectivity index (χ0v) is 13.7. The van der Waals surface area contributed by atoms with Crippen LogP contribution >= 0.6 is 0 Å². The third-order valence-electron chi connectivity index (χ3n) is 4.14. The highest BCUT2D eigenvalue weighted by Gasteiger charge is 2.23. The van der Waals surface area contributed by atoms with Crippen molar-refractivity contribution in [1.29, 1.82) is 0 Å². The molecule has 0 bridgehead atoms. The molecule has 1 heterocycles. The first-order valence-electron chi connectivity index (χ1n) is 8.25. The molecule has 118 valence electrons. The Hall–Kier alpha value is -0.900. The molecule has 21 heavy (non-hydrogen) atoms. The van der Waals surface area contributed by atoms with Gasteiger partial charge < -0.3 is 15.0 Å². The van der Waals surface area contributed by atoms with Crippen molar-refractivity contribution in [2.24, 2.45) is 0 Å². The summed E-state index contributed by atoms with van der Waals surface area (Å²) in [6, 6.07) is 11.3. The fourth-order valence-corrected chi connectivity index (χ4v) is 3.20. The van der Waals surface area contributed by atoms with Gasteiger partial charge in [0.25, 0.3) is 0 Å². The molecule has 1 fully saturated rings. The normalized spacial score (nSPS) is 26.2. The number of hydrogen-bond acceptors (Lipinski definition) is 3. The molecule has 1 saturated heterocycles. The molecule has 1 N–H and O–H groups in total. The van der Waals surface area contributed by atoms with E-state index in [0.717, 1.165) is 32.5 Å². The van der Waals surface area contributed by atoms with Gasteiger partial charge in [0.1, 0.15) is 0 Å². The van der Waals surface area contributed by atoms with E-state index in [1.54, 1.807) is 0 Å². The molecule has 1 aliphatic heterocycles. The monoisotopic (exact) mass is 290 g/mol. The van der Waals surface area contributed by atoms with Gasteiger partial charge in [-0.25, -0.2) is 0 Å². The third kappa shape index (κ3) is 6.16. The van der Waals surface area contributed by atoms with Crippen LogP contribution in [0.5, 0.6) is 0 Å². The fourth-order valence-electron chi connectivity index (χ4n) is 3.20. The zero-order chi connectivity index (χ0) is 15.1. The van der Waals surface area contributed by atoms with E-state index < -0.39 is 0 Å². The van der Waals surface area contributed by atoms with E-state index in [1.807, 2.05) is 0 Å². The van der Waals surface area contributed by atoms with Crippen LogP contribution in [0.1, 0.15) is 38.7 Å². The van der Waals surface area contributed by atoms with Gasteiger partial charge in [-0.15, -0.1) is 0 Å². The van der Waals surface area contributed by atoms with Crippen molar-refractivity contribution < 1.29 is 4.74 Å². The van der Waals surface area contributed by atoms with Crippen LogP contribution < -0.4 is 5.32 Å². The lowest BCUT2D eigenvalue weighted by atomic mass is 10.00. The number of benzene rings is 1. The Bertz CT molecular complexity index is 385. The Kier molecular flexibility index (Phi) is 6.68. The molecule has 3 nitrogen and oxygen atoms in total. The van der Waals surface area contributed by atoms with Gasteiger partial charge in [-0.2, -0.15) is 0 Å². The van der Waals surface area contributed by atoms with E-state index in [2.05, 4.69) is 61.4 Å². The summed E-state index contributed by atoms with van der Waals surface area (Å²) >= 11 is 0. The van der Waals surface area contributed by atoms with Crippen molar-refractivity contribution in [3.63, 3.8) is 0 Å². The van der Waals surface area contributed by atoms with Crippen molar-refractivity contribution in [3.05, 3.63) is 35.9 Å². The average Bonchev–Trinajstić information content (AvgIpc) is 2.44. The maximum Gasteiger partial charge on any atom is 0.0565 e. The van der Waals surface area contributed by atoms with Gasteiger partial charge in [0, 0.05) is 12.6 Å². The second-order valence-corrected chi connectivity index (χ2v) is 6.46. The number of ether oxygens (including phenoxy) is 1. The zero-order valence-electron chi connectivity index (χ0n) is 13.7. The van der Waals surface area contributed by atoms with E-state index in [0.29, 0.717) is 18.2 Å². The molecule has 3 heteroatoms. The second kappa shape index (κ2) is 8.52. The first-order valence-corrected chi connectivity index (χ1v) is 8.25. The molecule has 1 aliphatic rings. The SMILES string of the molecule is CC1CC(NCCCN(C)Cc2ccccc2)CC(C)O1. The molecule has 0 saturated carbocycles. The summed E-state index contributed by atoms with van der Waals surface area (Å²) in [4.78, 5) is 2.40. The molecule has 1 aromatic rings. The van der Waals surface area contributed by atoms with Crippen LogP contribution in [0.3, 0.4) is 0 Å². The van der Waals surface area contributed by atoms with Gasteiger partial charge in [-0.1, -0.05) is 30.3 Å². The van der Waals surface area contributed by atoms with Crippen molar-refractivity contribution >= 4 is 0 Å². The Balaban J connectivity index is 1.59. The minimum Gasteiger partial charge on any atom is -0.375 e. The molecule has 0 radical (unpaired) electrons. The largest absolute Gasteiger partial charge is 0.375 e. The quantitative estimate of drug-likeness (QED) is 0.781. The smallest absolute Gasteiger partial charge is 0.0565 e. The lowest BCUT2D eigenvalue weighted by Gasteiger charge is -2.32. The summed E-state index contributed by atoms with van der Waals surface area (Å²) in [7, 11) is 2.20. The van der Waals surface area contributed by atoms with Gasteiger partial charge in [-0.3, -0.25) is 0 Å². The van der Waals surface area contributed by atoms with E-state index in [4.69, 9.17) is 4.74 Å². The van der Waals surface area contributed by atoms with Crippen molar-refractivity contribution in [3.8, 4) is 0 Å². The molecule has 0 spiro atoms. The van der Waals surface area contributed by atoms with E-state index in [9.17, 15) is 0 Å². The third-order valence-corrected chi connectivity index (χ3v) is 4.14. The molecule has 1 aromatic carbocycles. The number of hydrogen-bond donors (Lipinski definition) is 1. The van der Waals surface area contributed by atoms with Crippen LogP contribution in [0, 0.1) is 0 Å². The van der Waals surface area contributed by atoms with Gasteiger partial charge in [0.05, 0.1) is 12.2 Å². The Morgan fingerprint density at radius 2 is 1.81 bits per heavy atom. The summed E-state index contributed by atoms with van der Waals surface area (Å²) in [6.07, 6.45) is 4.27. The minimum atomic E-state index is 0.395. The maximum atomic E-state index is 5.78. The van der Waals surface area contributed by atoms with Gasteiger partial charge in [0.15, 0.2) is 0 Å². The molecule has 0 amide bonds. The first kappa shape index (κ1) is 16.5. The van der Waals surface area contributed by atoms with Crippen LogP contribution in [0.4, 0.5) is 0 Å². The highest BCUT2D eigenvalue weighted by molar-refractivity contribution is 5.14. The molecular formula is C18H30N2O. The predicted octanol–water partition coefficient (Wildman–Crippen LogP) is 3.05. The number of nitrogens with one attached hydrogen (secondary N) is 1. The molecule has 0 aliphatic carbocycles. The van der Waals surface area contributed by atoms with Gasteiger partial charge in [0.2, 0.25) is 0 Å². The summed E-state index contributed by atoms with van der Waals surface area (Å²) in [6.45, 7) is 7.63. The number of nitrogens with zero attached hydrogens (tertiary/aromatic N) is 1. The summed E-state index contributed by atoms with van der Waals surface area (Å²) in [5.74, 6) is 0. The van der Waals surface area contributed by atoms with Crippen LogP contribution in [0.15, 0.2) is 30.3 Å². The van der Waals surface area contributed by atoms with Gasteiger partial charge in [-0.05, 0) is 58.8 Å². The molecular weight excluding hydrogens is 260 g/mol. The van der Waals surface area contributed by atoms with Crippen molar-refractivity contribution in [2.75, 3.05) is 20.1 Å². The summed E-state index contributed by atoms with van der Waals surface area (Å²) in [5, 5.41) is 3.69. The minimum absolute atomic E-state index is 0.395. The molecule has 0 aromatic heterocycles. The maximum absolute atomic E-state index is 5.78. The van der Waals surface area contributed by atoms with Crippen LogP contribution in [-0.2, 0) is 11.3 Å². The van der Waals surface area contributed by atoms with Gasteiger partial charge >= 0.3 is 0 Å². The van der Waals surface area contributed by atoms with E-state index in [-0.39, 0.29) is 0 Å². The lowest BCUT2D eigenvalue weighted by Crippen LogP contribution is -2.42. The second-order valence-electron chi connectivity index (χ2n) is 6.46. The fraction of sp³-hybridized carbons (Fsp3) is 0.667.